The lowest BCUT2D eigenvalue weighted by atomic mass is 10.1. The van der Waals surface area contributed by atoms with Gasteiger partial charge in [-0.05, 0) is 18.9 Å². The second-order valence-corrected chi connectivity index (χ2v) is 5.14. The maximum absolute atomic E-state index is 12.2. The second kappa shape index (κ2) is 7.44. The van der Waals surface area contributed by atoms with Crippen LogP contribution in [0.25, 0.3) is 0 Å². The van der Waals surface area contributed by atoms with Gasteiger partial charge in [0.1, 0.15) is 0 Å². The predicted octanol–water partition coefficient (Wildman–Crippen LogP) is 2.31. The number of carbonyl (C=O) groups is 2. The zero-order valence-corrected chi connectivity index (χ0v) is 13.2. The van der Waals surface area contributed by atoms with E-state index >= 15 is 0 Å². The van der Waals surface area contributed by atoms with Crippen molar-refractivity contribution in [2.75, 3.05) is 18.9 Å². The SMILES string of the molecule is CCn1cc(NC(=O)N(C)CCc2ccccc2)c(C(=O)O)n1. The molecular formula is C16H20N4O3. The normalized spacial score (nSPS) is 10.3. The summed E-state index contributed by atoms with van der Waals surface area (Å²) in [5.74, 6) is -1.17. The number of hydrogen-bond acceptors (Lipinski definition) is 3. The third-order valence-electron chi connectivity index (χ3n) is 3.46. The van der Waals surface area contributed by atoms with Gasteiger partial charge in [0.25, 0.3) is 0 Å². The molecule has 1 aromatic heterocycles. The van der Waals surface area contributed by atoms with Gasteiger partial charge in [-0.1, -0.05) is 30.3 Å². The number of urea groups is 1. The van der Waals surface area contributed by atoms with Gasteiger partial charge in [-0.2, -0.15) is 5.10 Å². The lowest BCUT2D eigenvalue weighted by Gasteiger charge is -2.17. The van der Waals surface area contributed by atoms with Crippen molar-refractivity contribution in [2.24, 2.45) is 0 Å². The molecule has 0 atom stereocenters. The van der Waals surface area contributed by atoms with E-state index in [1.54, 1.807) is 7.05 Å². The van der Waals surface area contributed by atoms with Crippen LogP contribution in [-0.2, 0) is 13.0 Å². The van der Waals surface area contributed by atoms with Crippen LogP contribution < -0.4 is 5.32 Å². The molecule has 2 rings (SSSR count). The number of likely N-dealkylation sites (N-methyl/N-ethyl adjacent to an activating group) is 1. The highest BCUT2D eigenvalue weighted by Gasteiger charge is 2.19. The third kappa shape index (κ3) is 4.32. The minimum atomic E-state index is -1.17. The molecule has 0 fully saturated rings. The summed E-state index contributed by atoms with van der Waals surface area (Å²) in [6, 6.07) is 9.48. The van der Waals surface area contributed by atoms with Crippen LogP contribution in [0.4, 0.5) is 10.5 Å². The summed E-state index contributed by atoms with van der Waals surface area (Å²) in [7, 11) is 1.67. The van der Waals surface area contributed by atoms with Gasteiger partial charge in [0.15, 0.2) is 5.69 Å². The molecule has 2 aromatic rings. The Balaban J connectivity index is 1.98. The maximum atomic E-state index is 12.2. The number of nitrogens with one attached hydrogen (secondary N) is 1. The molecule has 7 nitrogen and oxygen atoms in total. The first kappa shape index (κ1) is 16.5. The highest BCUT2D eigenvalue weighted by atomic mass is 16.4. The number of carboxylic acid groups (broad SMARTS) is 1. The fourth-order valence-corrected chi connectivity index (χ4v) is 2.09. The van der Waals surface area contributed by atoms with E-state index in [-0.39, 0.29) is 17.4 Å². The zero-order valence-electron chi connectivity index (χ0n) is 13.2. The number of aromatic nitrogens is 2. The van der Waals surface area contributed by atoms with Crippen molar-refractivity contribution in [1.29, 1.82) is 0 Å². The summed E-state index contributed by atoms with van der Waals surface area (Å²) in [5, 5.41) is 15.7. The first-order valence-electron chi connectivity index (χ1n) is 7.38. The predicted molar refractivity (Wildman–Crippen MR) is 86.7 cm³/mol. The van der Waals surface area contributed by atoms with E-state index in [0.29, 0.717) is 13.1 Å². The molecule has 0 aliphatic rings. The molecule has 2 amide bonds. The Morgan fingerprint density at radius 2 is 2.00 bits per heavy atom. The Morgan fingerprint density at radius 3 is 2.61 bits per heavy atom. The largest absolute Gasteiger partial charge is 0.476 e. The quantitative estimate of drug-likeness (QED) is 0.856. The number of aryl methyl sites for hydroxylation is 1. The number of aromatic carboxylic acids is 1. The van der Waals surface area contributed by atoms with Crippen molar-refractivity contribution >= 4 is 17.7 Å². The Bertz CT molecular complexity index is 682. The van der Waals surface area contributed by atoms with Gasteiger partial charge in [0.05, 0.1) is 5.69 Å². The molecule has 0 unspecified atom stereocenters. The highest BCUT2D eigenvalue weighted by Crippen LogP contribution is 2.14. The average molecular weight is 316 g/mol. The van der Waals surface area contributed by atoms with Gasteiger partial charge in [-0.25, -0.2) is 9.59 Å². The number of anilines is 1. The number of hydrogen-bond donors (Lipinski definition) is 2. The van der Waals surface area contributed by atoms with Crippen LogP contribution in [0.3, 0.4) is 0 Å². The van der Waals surface area contributed by atoms with Gasteiger partial charge < -0.3 is 15.3 Å². The van der Waals surface area contributed by atoms with Gasteiger partial charge in [0, 0.05) is 26.3 Å². The Hall–Kier alpha value is -2.83. The van der Waals surface area contributed by atoms with Crippen LogP contribution in [0.15, 0.2) is 36.5 Å². The summed E-state index contributed by atoms with van der Waals surface area (Å²) >= 11 is 0. The van der Waals surface area contributed by atoms with Crippen LogP contribution in [0.5, 0.6) is 0 Å². The summed E-state index contributed by atoms with van der Waals surface area (Å²) < 4.78 is 1.48. The van der Waals surface area contributed by atoms with E-state index in [1.165, 1.54) is 15.8 Å². The molecular weight excluding hydrogens is 296 g/mol. The molecule has 2 N–H and O–H groups in total. The molecule has 0 saturated heterocycles. The van der Waals surface area contributed by atoms with Crippen molar-refractivity contribution in [3.63, 3.8) is 0 Å². The summed E-state index contributed by atoms with van der Waals surface area (Å²) in [6.07, 6.45) is 2.25. The van der Waals surface area contributed by atoms with Crippen molar-refractivity contribution in [3.05, 3.63) is 47.8 Å². The van der Waals surface area contributed by atoms with Crippen molar-refractivity contribution in [3.8, 4) is 0 Å². The van der Waals surface area contributed by atoms with Gasteiger partial charge >= 0.3 is 12.0 Å². The molecule has 7 heteroatoms. The molecule has 1 heterocycles. The minimum Gasteiger partial charge on any atom is -0.476 e. The molecule has 0 spiro atoms. The first-order chi connectivity index (χ1) is 11.0. The first-order valence-corrected chi connectivity index (χ1v) is 7.38. The van der Waals surface area contributed by atoms with E-state index in [4.69, 9.17) is 5.11 Å². The Morgan fingerprint density at radius 1 is 1.30 bits per heavy atom. The highest BCUT2D eigenvalue weighted by molar-refractivity contribution is 5.98. The lowest BCUT2D eigenvalue weighted by molar-refractivity contribution is 0.0690. The van der Waals surface area contributed by atoms with Crippen molar-refractivity contribution in [1.82, 2.24) is 14.7 Å². The third-order valence-corrected chi connectivity index (χ3v) is 3.46. The summed E-state index contributed by atoms with van der Waals surface area (Å²) in [4.78, 5) is 24.9. The van der Waals surface area contributed by atoms with Gasteiger partial charge in [0.2, 0.25) is 0 Å². The van der Waals surface area contributed by atoms with Crippen LogP contribution in [0.1, 0.15) is 23.0 Å². The van der Waals surface area contributed by atoms with Crippen molar-refractivity contribution < 1.29 is 14.7 Å². The lowest BCUT2D eigenvalue weighted by Crippen LogP contribution is -2.33. The van der Waals surface area contributed by atoms with E-state index < -0.39 is 5.97 Å². The standard InChI is InChI=1S/C16H20N4O3/c1-3-20-11-13(14(18-20)15(21)22)17-16(23)19(2)10-9-12-7-5-4-6-8-12/h4-8,11H,3,9-10H2,1-2H3,(H,17,23)(H,21,22). The van der Waals surface area contributed by atoms with Crippen LogP contribution in [0.2, 0.25) is 0 Å². The number of carbonyl (C=O) groups excluding carboxylic acids is 1. The molecule has 0 aliphatic carbocycles. The Kier molecular flexibility index (Phi) is 5.35. The molecule has 1 aromatic carbocycles. The summed E-state index contributed by atoms with van der Waals surface area (Å²) in [5.41, 5.74) is 1.18. The monoisotopic (exact) mass is 316 g/mol. The fraction of sp³-hybridized carbons (Fsp3) is 0.312. The Labute approximate surface area is 134 Å². The minimum absolute atomic E-state index is 0.156. The number of carboxylic acids is 1. The molecule has 0 aliphatic heterocycles. The zero-order chi connectivity index (χ0) is 16.8. The summed E-state index contributed by atoms with van der Waals surface area (Å²) in [6.45, 7) is 2.90. The number of benzene rings is 1. The van der Waals surface area contributed by atoms with E-state index in [1.807, 2.05) is 37.3 Å². The molecule has 0 radical (unpaired) electrons. The van der Waals surface area contributed by atoms with Crippen molar-refractivity contribution in [2.45, 2.75) is 19.9 Å². The topological polar surface area (TPSA) is 87.5 Å². The molecule has 23 heavy (non-hydrogen) atoms. The van der Waals surface area contributed by atoms with Crippen LogP contribution in [-0.4, -0.2) is 45.4 Å². The second-order valence-electron chi connectivity index (χ2n) is 5.14. The molecule has 0 bridgehead atoms. The molecule has 122 valence electrons. The van der Waals surface area contributed by atoms with E-state index in [9.17, 15) is 9.59 Å². The fourth-order valence-electron chi connectivity index (χ4n) is 2.09. The van der Waals surface area contributed by atoms with E-state index in [0.717, 1.165) is 12.0 Å². The average Bonchev–Trinajstić information content (AvgIpc) is 2.96. The number of amides is 2. The smallest absolute Gasteiger partial charge is 0.358 e. The van der Waals surface area contributed by atoms with E-state index in [2.05, 4.69) is 10.4 Å². The van der Waals surface area contributed by atoms with Gasteiger partial charge in [-0.3, -0.25) is 4.68 Å². The number of rotatable bonds is 6. The van der Waals surface area contributed by atoms with Crippen LogP contribution >= 0.6 is 0 Å². The molecule has 0 saturated carbocycles. The number of nitrogens with zero attached hydrogens (tertiary/aromatic N) is 3. The maximum Gasteiger partial charge on any atom is 0.358 e. The van der Waals surface area contributed by atoms with Gasteiger partial charge in [-0.15, -0.1) is 0 Å². The van der Waals surface area contributed by atoms with Crippen LogP contribution in [0, 0.1) is 0 Å².